The van der Waals surface area contributed by atoms with E-state index >= 15 is 0 Å². The number of phosphoric ester groups is 1. The minimum absolute atomic E-state index is 0.0706. The number of esters is 1. The fourth-order valence-electron chi connectivity index (χ4n) is 5.32. The van der Waals surface area contributed by atoms with E-state index in [2.05, 4.69) is 148 Å². The van der Waals surface area contributed by atoms with Crippen LogP contribution in [0.15, 0.2) is 134 Å². The fraction of sp³-hybridized carbons (Fsp3) is 0.549. The predicted molar refractivity (Wildman–Crippen MR) is 256 cm³/mol. The van der Waals surface area contributed by atoms with E-state index in [1.165, 1.54) is 0 Å². The number of phosphoric acid groups is 1. The maximum atomic E-state index is 12.6. The van der Waals surface area contributed by atoms with Crippen LogP contribution in [-0.4, -0.2) is 49.9 Å². The summed E-state index contributed by atoms with van der Waals surface area (Å²) in [5.41, 5.74) is 5.37. The summed E-state index contributed by atoms with van der Waals surface area (Å²) < 4.78 is 33.4. The molecule has 2 unspecified atom stereocenters. The average molecular weight is 852 g/mol. The average Bonchev–Trinajstić information content (AvgIpc) is 3.24. The highest BCUT2D eigenvalue weighted by Crippen LogP contribution is 2.43. The van der Waals surface area contributed by atoms with Crippen molar-refractivity contribution < 1.29 is 32.8 Å². The molecule has 2 atom stereocenters. The van der Waals surface area contributed by atoms with Gasteiger partial charge in [0, 0.05) is 19.6 Å². The SMILES string of the molecule is CC/C=C\C/C=C\C/C=C\C/C=C\C/C=C\C/C=C\CCCCC(=O)OC(COCCCCCC/C=C\C/C=C\C/C=C\C/C=C\C/C=C\CC)COP(=O)(O)OCCN. The first kappa shape index (κ1) is 56.6. The lowest BCUT2D eigenvalue weighted by atomic mass is 10.1. The Labute approximate surface area is 366 Å². The Bertz CT molecular complexity index is 1370. The van der Waals surface area contributed by atoms with Gasteiger partial charge >= 0.3 is 13.8 Å². The topological polar surface area (TPSA) is 117 Å². The van der Waals surface area contributed by atoms with Gasteiger partial charge in [-0.25, -0.2) is 4.57 Å². The van der Waals surface area contributed by atoms with Gasteiger partial charge in [0.1, 0.15) is 6.10 Å². The Kier molecular flexibility index (Phi) is 44.1. The molecule has 9 heteroatoms. The van der Waals surface area contributed by atoms with Gasteiger partial charge < -0.3 is 20.1 Å². The van der Waals surface area contributed by atoms with E-state index in [9.17, 15) is 14.3 Å². The van der Waals surface area contributed by atoms with Gasteiger partial charge in [-0.05, 0) is 109 Å². The minimum atomic E-state index is -4.31. The molecule has 0 heterocycles. The van der Waals surface area contributed by atoms with Crippen LogP contribution in [0.25, 0.3) is 0 Å². The zero-order valence-corrected chi connectivity index (χ0v) is 38.3. The number of carbonyl (C=O) groups excluding carboxylic acids is 1. The van der Waals surface area contributed by atoms with Gasteiger partial charge in [0.25, 0.3) is 0 Å². The third kappa shape index (κ3) is 45.7. The van der Waals surface area contributed by atoms with Crippen molar-refractivity contribution in [3.8, 4) is 0 Å². The molecule has 0 aromatic heterocycles. The van der Waals surface area contributed by atoms with Crippen LogP contribution < -0.4 is 5.73 Å². The lowest BCUT2D eigenvalue weighted by Gasteiger charge is -2.20. The third-order valence-electron chi connectivity index (χ3n) is 8.56. The fourth-order valence-corrected chi connectivity index (χ4v) is 6.08. The van der Waals surface area contributed by atoms with Crippen molar-refractivity contribution in [2.24, 2.45) is 5.73 Å². The van der Waals surface area contributed by atoms with E-state index in [4.69, 9.17) is 24.3 Å². The van der Waals surface area contributed by atoms with Crippen LogP contribution in [0, 0.1) is 0 Å². The molecule has 0 amide bonds. The molecule has 0 rings (SSSR count). The van der Waals surface area contributed by atoms with Crippen molar-refractivity contribution in [1.29, 1.82) is 0 Å². The lowest BCUT2D eigenvalue weighted by Crippen LogP contribution is -2.28. The molecule has 60 heavy (non-hydrogen) atoms. The van der Waals surface area contributed by atoms with Crippen molar-refractivity contribution >= 4 is 13.8 Å². The third-order valence-corrected chi connectivity index (χ3v) is 9.55. The zero-order valence-electron chi connectivity index (χ0n) is 37.4. The summed E-state index contributed by atoms with van der Waals surface area (Å²) in [4.78, 5) is 22.5. The molecule has 0 saturated carbocycles. The summed E-state index contributed by atoms with van der Waals surface area (Å²) in [6, 6.07) is 0. The molecular weight excluding hydrogens is 770 g/mol. The lowest BCUT2D eigenvalue weighted by molar-refractivity contribution is -0.154. The number of hydrogen-bond donors (Lipinski definition) is 2. The summed E-state index contributed by atoms with van der Waals surface area (Å²) in [5.74, 6) is -0.388. The van der Waals surface area contributed by atoms with Crippen LogP contribution in [0.1, 0.15) is 142 Å². The second-order valence-corrected chi connectivity index (χ2v) is 15.6. The van der Waals surface area contributed by atoms with Crippen molar-refractivity contribution in [3.63, 3.8) is 0 Å². The van der Waals surface area contributed by atoms with E-state index in [0.717, 1.165) is 116 Å². The molecular formula is C51H82NO7P. The number of carbonyl (C=O) groups is 1. The Hall–Kier alpha value is -3.36. The molecule has 8 nitrogen and oxygen atoms in total. The van der Waals surface area contributed by atoms with E-state index in [0.29, 0.717) is 13.0 Å². The highest BCUT2D eigenvalue weighted by atomic mass is 31.2. The van der Waals surface area contributed by atoms with Crippen LogP contribution in [0.2, 0.25) is 0 Å². The number of nitrogens with two attached hydrogens (primary N) is 1. The number of rotatable bonds is 41. The molecule has 0 aromatic rings. The quantitative estimate of drug-likeness (QED) is 0.0270. The molecule has 0 aliphatic rings. The summed E-state index contributed by atoms with van der Waals surface area (Å²) in [5, 5.41) is 0. The zero-order chi connectivity index (χ0) is 43.7. The van der Waals surface area contributed by atoms with Gasteiger partial charge in [-0.1, -0.05) is 160 Å². The van der Waals surface area contributed by atoms with Crippen molar-refractivity contribution in [2.45, 2.75) is 148 Å². The molecule has 0 aromatic carbocycles. The smallest absolute Gasteiger partial charge is 0.457 e. The molecule has 0 spiro atoms. The molecule has 0 aliphatic heterocycles. The Morgan fingerprint density at radius 2 is 0.883 bits per heavy atom. The van der Waals surface area contributed by atoms with Gasteiger partial charge in [0.2, 0.25) is 0 Å². The van der Waals surface area contributed by atoms with Gasteiger partial charge in [0.05, 0.1) is 19.8 Å². The first-order valence-electron chi connectivity index (χ1n) is 22.7. The van der Waals surface area contributed by atoms with Gasteiger partial charge in [-0.2, -0.15) is 0 Å². The van der Waals surface area contributed by atoms with Gasteiger partial charge in [-0.3, -0.25) is 13.8 Å². The normalized spacial score (nSPS) is 14.7. The van der Waals surface area contributed by atoms with Crippen LogP contribution in [0.4, 0.5) is 0 Å². The second-order valence-electron chi connectivity index (χ2n) is 14.1. The van der Waals surface area contributed by atoms with E-state index < -0.39 is 13.9 Å². The summed E-state index contributed by atoms with van der Waals surface area (Å²) in [6.45, 7) is 4.52. The van der Waals surface area contributed by atoms with Crippen molar-refractivity contribution in [3.05, 3.63) is 134 Å². The Morgan fingerprint density at radius 1 is 0.500 bits per heavy atom. The molecule has 0 saturated heterocycles. The second kappa shape index (κ2) is 46.7. The Morgan fingerprint density at radius 3 is 1.30 bits per heavy atom. The van der Waals surface area contributed by atoms with Gasteiger partial charge in [-0.15, -0.1) is 0 Å². The first-order chi connectivity index (χ1) is 29.4. The van der Waals surface area contributed by atoms with E-state index in [1.54, 1.807) is 0 Å². The van der Waals surface area contributed by atoms with Crippen LogP contribution in [-0.2, 0) is 27.9 Å². The minimum Gasteiger partial charge on any atom is -0.457 e. The number of allylic oxidation sites excluding steroid dienone is 22. The summed E-state index contributed by atoms with van der Waals surface area (Å²) in [6.07, 6.45) is 66.2. The van der Waals surface area contributed by atoms with Crippen LogP contribution in [0.5, 0.6) is 0 Å². The van der Waals surface area contributed by atoms with Crippen LogP contribution in [0.3, 0.4) is 0 Å². The molecule has 338 valence electrons. The number of ether oxygens (including phenoxy) is 2. The molecule has 0 radical (unpaired) electrons. The molecule has 0 bridgehead atoms. The van der Waals surface area contributed by atoms with E-state index in [-0.39, 0.29) is 38.8 Å². The highest BCUT2D eigenvalue weighted by molar-refractivity contribution is 7.47. The number of unbranched alkanes of at least 4 members (excludes halogenated alkanes) is 6. The summed E-state index contributed by atoms with van der Waals surface area (Å²) in [7, 11) is -4.31. The number of hydrogen-bond acceptors (Lipinski definition) is 7. The molecule has 3 N–H and O–H groups in total. The first-order valence-corrected chi connectivity index (χ1v) is 24.2. The van der Waals surface area contributed by atoms with E-state index in [1.807, 2.05) is 0 Å². The standard InChI is InChI=1S/C51H82NO7P/c1-3-5-7-9-11-13-15-17-19-21-23-25-26-28-30-32-34-36-38-40-42-44-51(53)59-50(49-58-60(54,55)57-47-45-52)48-56-46-43-41-39-37-35-33-31-29-27-24-22-20-18-16-14-12-10-8-6-4-2/h5-8,11-14,17-20,23-25,27-28,30-31,33-34,36,50H,3-4,9-10,15-16,21-22,26,29,32,35,37-49,52H2,1-2H3,(H,54,55)/b7-5-,8-6-,13-11-,14-12-,19-17-,20-18-,25-23-,27-24-,30-28-,33-31-,36-34-. The maximum absolute atomic E-state index is 12.6. The van der Waals surface area contributed by atoms with Gasteiger partial charge in [0.15, 0.2) is 0 Å². The van der Waals surface area contributed by atoms with Crippen molar-refractivity contribution in [2.75, 3.05) is 33.0 Å². The largest absolute Gasteiger partial charge is 0.472 e. The molecule has 0 aliphatic carbocycles. The predicted octanol–water partition coefficient (Wildman–Crippen LogP) is 14.0. The maximum Gasteiger partial charge on any atom is 0.472 e. The summed E-state index contributed by atoms with van der Waals surface area (Å²) >= 11 is 0. The molecule has 0 fully saturated rings. The Balaban J connectivity index is 4.21. The van der Waals surface area contributed by atoms with Crippen LogP contribution >= 0.6 is 7.82 Å². The van der Waals surface area contributed by atoms with Crippen molar-refractivity contribution in [1.82, 2.24) is 0 Å². The highest BCUT2D eigenvalue weighted by Gasteiger charge is 2.25. The monoisotopic (exact) mass is 852 g/mol.